The van der Waals surface area contributed by atoms with Gasteiger partial charge < -0.3 is 0 Å². The quantitative estimate of drug-likeness (QED) is 0.773. The summed E-state index contributed by atoms with van der Waals surface area (Å²) < 4.78 is 0. The number of nitrogens with zero attached hydrogens (tertiary/aromatic N) is 2. The first-order chi connectivity index (χ1) is 9.08. The van der Waals surface area contributed by atoms with E-state index in [2.05, 4.69) is 31.9 Å². The zero-order chi connectivity index (χ0) is 13.6. The van der Waals surface area contributed by atoms with Crippen LogP contribution in [0.15, 0.2) is 0 Å². The third kappa shape index (κ3) is 2.42. The van der Waals surface area contributed by atoms with Gasteiger partial charge in [-0.25, -0.2) is 0 Å². The molecule has 4 aliphatic rings. The van der Waals surface area contributed by atoms with Crippen LogP contribution in [0.2, 0.25) is 0 Å². The van der Waals surface area contributed by atoms with Gasteiger partial charge in [0.25, 0.3) is 0 Å². The summed E-state index contributed by atoms with van der Waals surface area (Å²) >= 11 is 0. The highest BCUT2D eigenvalue weighted by Crippen LogP contribution is 2.57. The highest BCUT2D eigenvalue weighted by Gasteiger charge is 2.51. The maximum atomic E-state index is 9.70. The summed E-state index contributed by atoms with van der Waals surface area (Å²) in [7, 11) is 2.17. The molecule has 106 valence electrons. The average Bonchev–Trinajstić information content (AvgIpc) is 2.31. The summed E-state index contributed by atoms with van der Waals surface area (Å²) in [6.45, 7) is 5.56. The third-order valence-corrected chi connectivity index (χ3v) is 5.92. The van der Waals surface area contributed by atoms with Crippen LogP contribution in [0.4, 0.5) is 0 Å². The predicted octanol–water partition coefficient (Wildman–Crippen LogP) is 3.54. The standard InChI is InChI=1S/C17H28N2/c1-11(2)10-19(3)16(9-18)17-14-5-12-4-13(7-14)8-15(17)6-12/h11-17H,4-8,10H2,1-3H3. The Labute approximate surface area is 118 Å². The van der Waals surface area contributed by atoms with Gasteiger partial charge in [-0.15, -0.1) is 0 Å². The zero-order valence-electron chi connectivity index (χ0n) is 12.7. The van der Waals surface area contributed by atoms with Crippen LogP contribution in [0.1, 0.15) is 46.0 Å². The van der Waals surface area contributed by atoms with Crippen molar-refractivity contribution in [1.82, 2.24) is 4.90 Å². The fourth-order valence-corrected chi connectivity index (χ4v) is 5.65. The third-order valence-electron chi connectivity index (χ3n) is 5.92. The van der Waals surface area contributed by atoms with Gasteiger partial charge in [-0.2, -0.15) is 5.26 Å². The van der Waals surface area contributed by atoms with Crippen molar-refractivity contribution in [2.45, 2.75) is 52.0 Å². The molecule has 4 fully saturated rings. The first-order valence-corrected chi connectivity index (χ1v) is 8.18. The fraction of sp³-hybridized carbons (Fsp3) is 0.941. The van der Waals surface area contributed by atoms with Crippen molar-refractivity contribution in [3.8, 4) is 6.07 Å². The summed E-state index contributed by atoms with van der Waals surface area (Å²) in [5.41, 5.74) is 0. The second-order valence-electron chi connectivity index (χ2n) is 7.92. The molecule has 4 rings (SSSR count). The van der Waals surface area contributed by atoms with E-state index in [0.717, 1.165) is 30.2 Å². The molecule has 0 heterocycles. The largest absolute Gasteiger partial charge is 0.291 e. The van der Waals surface area contributed by atoms with Crippen molar-refractivity contribution in [1.29, 1.82) is 5.26 Å². The van der Waals surface area contributed by atoms with E-state index in [0.29, 0.717) is 11.8 Å². The van der Waals surface area contributed by atoms with Gasteiger partial charge in [-0.05, 0) is 74.7 Å². The van der Waals surface area contributed by atoms with Gasteiger partial charge in [-0.1, -0.05) is 13.8 Å². The molecule has 1 atom stereocenters. The fourth-order valence-electron chi connectivity index (χ4n) is 5.65. The molecule has 0 aliphatic heterocycles. The number of rotatable bonds is 4. The lowest BCUT2D eigenvalue weighted by Crippen LogP contribution is -2.53. The molecule has 4 saturated carbocycles. The minimum absolute atomic E-state index is 0.164. The second-order valence-corrected chi connectivity index (χ2v) is 7.92. The van der Waals surface area contributed by atoms with Gasteiger partial charge >= 0.3 is 0 Å². The molecule has 4 aliphatic carbocycles. The van der Waals surface area contributed by atoms with Gasteiger partial charge in [0.2, 0.25) is 0 Å². The maximum Gasteiger partial charge on any atom is 0.101 e. The summed E-state index contributed by atoms with van der Waals surface area (Å²) in [6.07, 6.45) is 7.19. The summed E-state index contributed by atoms with van der Waals surface area (Å²) in [5.74, 6) is 5.05. The van der Waals surface area contributed by atoms with E-state index in [4.69, 9.17) is 0 Å². The molecule has 0 aromatic carbocycles. The van der Waals surface area contributed by atoms with Crippen LogP contribution in [-0.2, 0) is 0 Å². The molecule has 0 amide bonds. The lowest BCUT2D eigenvalue weighted by Gasteiger charge is -2.56. The van der Waals surface area contributed by atoms with Crippen molar-refractivity contribution in [2.24, 2.45) is 35.5 Å². The molecular formula is C17H28N2. The Morgan fingerprint density at radius 3 is 2.00 bits per heavy atom. The molecule has 0 saturated heterocycles. The first kappa shape index (κ1) is 13.4. The van der Waals surface area contributed by atoms with Gasteiger partial charge in [0.15, 0.2) is 0 Å². The van der Waals surface area contributed by atoms with E-state index in [-0.39, 0.29) is 6.04 Å². The first-order valence-electron chi connectivity index (χ1n) is 8.18. The molecule has 0 radical (unpaired) electrons. The monoisotopic (exact) mass is 260 g/mol. The van der Waals surface area contributed by atoms with Gasteiger partial charge in [0.05, 0.1) is 6.07 Å². The molecular weight excluding hydrogens is 232 g/mol. The van der Waals surface area contributed by atoms with Crippen LogP contribution in [0.25, 0.3) is 0 Å². The van der Waals surface area contributed by atoms with Crippen molar-refractivity contribution in [2.75, 3.05) is 13.6 Å². The molecule has 0 aromatic rings. The Kier molecular flexibility index (Phi) is 3.60. The summed E-state index contributed by atoms with van der Waals surface area (Å²) in [5, 5.41) is 9.70. The van der Waals surface area contributed by atoms with Crippen molar-refractivity contribution in [3.05, 3.63) is 0 Å². The Morgan fingerprint density at radius 1 is 1.05 bits per heavy atom. The minimum atomic E-state index is 0.164. The van der Waals surface area contributed by atoms with E-state index in [9.17, 15) is 5.26 Å². The molecule has 2 heteroatoms. The van der Waals surface area contributed by atoms with Crippen molar-refractivity contribution >= 4 is 0 Å². The van der Waals surface area contributed by atoms with Crippen molar-refractivity contribution in [3.63, 3.8) is 0 Å². The van der Waals surface area contributed by atoms with Crippen LogP contribution in [0.3, 0.4) is 0 Å². The molecule has 4 bridgehead atoms. The summed E-state index contributed by atoms with van der Waals surface area (Å²) in [6, 6.07) is 2.83. The molecule has 2 nitrogen and oxygen atoms in total. The Hall–Kier alpha value is -0.550. The minimum Gasteiger partial charge on any atom is -0.291 e. The highest BCUT2D eigenvalue weighted by molar-refractivity contribution is 5.07. The topological polar surface area (TPSA) is 27.0 Å². The van der Waals surface area contributed by atoms with E-state index >= 15 is 0 Å². The van der Waals surface area contributed by atoms with Gasteiger partial charge in [-0.3, -0.25) is 4.90 Å². The molecule has 0 N–H and O–H groups in total. The second kappa shape index (κ2) is 5.09. The van der Waals surface area contributed by atoms with E-state index < -0.39 is 0 Å². The number of nitriles is 1. The number of hydrogen-bond donors (Lipinski definition) is 0. The average molecular weight is 260 g/mol. The molecule has 0 aromatic heterocycles. The van der Waals surface area contributed by atoms with Gasteiger partial charge in [0.1, 0.15) is 6.04 Å². The van der Waals surface area contributed by atoms with Crippen LogP contribution in [0.5, 0.6) is 0 Å². The van der Waals surface area contributed by atoms with E-state index in [1.54, 1.807) is 0 Å². The van der Waals surface area contributed by atoms with Crippen LogP contribution >= 0.6 is 0 Å². The Balaban J connectivity index is 1.75. The lowest BCUT2D eigenvalue weighted by atomic mass is 9.50. The Morgan fingerprint density at radius 2 is 1.58 bits per heavy atom. The van der Waals surface area contributed by atoms with Crippen molar-refractivity contribution < 1.29 is 0 Å². The Bertz CT molecular complexity index is 340. The maximum absolute atomic E-state index is 9.70. The molecule has 1 unspecified atom stereocenters. The van der Waals surface area contributed by atoms with E-state index in [1.165, 1.54) is 32.1 Å². The smallest absolute Gasteiger partial charge is 0.101 e. The summed E-state index contributed by atoms with van der Waals surface area (Å²) in [4.78, 5) is 2.34. The van der Waals surface area contributed by atoms with Crippen LogP contribution < -0.4 is 0 Å². The zero-order valence-corrected chi connectivity index (χ0v) is 12.7. The lowest BCUT2D eigenvalue weighted by molar-refractivity contribution is -0.0606. The number of hydrogen-bond acceptors (Lipinski definition) is 2. The van der Waals surface area contributed by atoms with Crippen LogP contribution in [0, 0.1) is 46.8 Å². The van der Waals surface area contributed by atoms with Crippen LogP contribution in [-0.4, -0.2) is 24.5 Å². The van der Waals surface area contributed by atoms with E-state index in [1.807, 2.05) is 0 Å². The van der Waals surface area contributed by atoms with Gasteiger partial charge in [0, 0.05) is 6.54 Å². The molecule has 19 heavy (non-hydrogen) atoms. The highest BCUT2D eigenvalue weighted by atomic mass is 15.1. The predicted molar refractivity (Wildman–Crippen MR) is 77.4 cm³/mol. The SMILES string of the molecule is CC(C)CN(C)C(C#N)C1C2CC3CC(C2)CC1C3. The molecule has 0 spiro atoms. The normalized spacial score (nSPS) is 41.8.